The van der Waals surface area contributed by atoms with Crippen molar-refractivity contribution in [1.82, 2.24) is 5.43 Å². The lowest BCUT2D eigenvalue weighted by molar-refractivity contribution is -0.130. The molecule has 1 atom stereocenters. The van der Waals surface area contributed by atoms with E-state index in [4.69, 9.17) is 25.8 Å². The number of halogens is 1. The number of para-hydroxylation sites is 3. The summed E-state index contributed by atoms with van der Waals surface area (Å²) in [5, 5.41) is 7.09. The molecule has 0 saturated heterocycles. The molecule has 2 N–H and O–H groups in total. The van der Waals surface area contributed by atoms with Crippen LogP contribution in [0.5, 0.6) is 17.2 Å². The summed E-state index contributed by atoms with van der Waals surface area (Å²) in [6.07, 6.45) is 0.702. The SMILES string of the molecule is O=C(COc1ccc(/C=N\NC(=O)[C@H]2COc3ccccc3O2)cc1)Nc1ccccc1Cl. The average molecular weight is 466 g/mol. The average Bonchev–Trinajstić information content (AvgIpc) is 2.84. The van der Waals surface area contributed by atoms with Crippen LogP contribution in [0.1, 0.15) is 5.56 Å². The third kappa shape index (κ3) is 6.02. The Balaban J connectivity index is 1.22. The van der Waals surface area contributed by atoms with Gasteiger partial charge in [0.1, 0.15) is 12.4 Å². The van der Waals surface area contributed by atoms with Gasteiger partial charge in [-0.05, 0) is 54.1 Å². The molecule has 0 radical (unpaired) electrons. The van der Waals surface area contributed by atoms with E-state index < -0.39 is 12.0 Å². The summed E-state index contributed by atoms with van der Waals surface area (Å²) >= 11 is 6.02. The van der Waals surface area contributed by atoms with Gasteiger partial charge in [-0.25, -0.2) is 5.43 Å². The molecule has 0 spiro atoms. The Morgan fingerprint density at radius 1 is 1.03 bits per heavy atom. The largest absolute Gasteiger partial charge is 0.485 e. The van der Waals surface area contributed by atoms with E-state index in [0.29, 0.717) is 28.0 Å². The molecule has 8 nitrogen and oxygen atoms in total. The number of amides is 2. The molecule has 33 heavy (non-hydrogen) atoms. The van der Waals surface area contributed by atoms with Crippen LogP contribution in [0.15, 0.2) is 77.9 Å². The Morgan fingerprint density at radius 2 is 1.76 bits per heavy atom. The predicted molar refractivity (Wildman–Crippen MR) is 124 cm³/mol. The Morgan fingerprint density at radius 3 is 2.55 bits per heavy atom. The second-order valence-electron chi connectivity index (χ2n) is 6.98. The Bertz CT molecular complexity index is 1170. The maximum absolute atomic E-state index is 12.3. The highest BCUT2D eigenvalue weighted by Gasteiger charge is 2.26. The van der Waals surface area contributed by atoms with Crippen LogP contribution in [-0.2, 0) is 9.59 Å². The molecule has 0 unspecified atom stereocenters. The van der Waals surface area contributed by atoms with Gasteiger partial charge in [-0.15, -0.1) is 0 Å². The zero-order valence-corrected chi connectivity index (χ0v) is 18.1. The van der Waals surface area contributed by atoms with Gasteiger partial charge in [0.25, 0.3) is 11.8 Å². The molecule has 1 aliphatic heterocycles. The van der Waals surface area contributed by atoms with Crippen molar-refractivity contribution in [2.24, 2.45) is 5.10 Å². The molecule has 4 rings (SSSR count). The smallest absolute Gasteiger partial charge is 0.284 e. The lowest BCUT2D eigenvalue weighted by atomic mass is 10.2. The first-order chi connectivity index (χ1) is 16.1. The van der Waals surface area contributed by atoms with Gasteiger partial charge >= 0.3 is 0 Å². The van der Waals surface area contributed by atoms with Crippen molar-refractivity contribution in [3.05, 3.63) is 83.4 Å². The fourth-order valence-corrected chi connectivity index (χ4v) is 3.12. The van der Waals surface area contributed by atoms with Gasteiger partial charge in [0.15, 0.2) is 18.1 Å². The summed E-state index contributed by atoms with van der Waals surface area (Å²) in [6, 6.07) is 21.0. The van der Waals surface area contributed by atoms with Crippen molar-refractivity contribution in [2.45, 2.75) is 6.10 Å². The number of fused-ring (bicyclic) bond motifs is 1. The van der Waals surface area contributed by atoms with Gasteiger partial charge in [0, 0.05) is 0 Å². The number of nitrogens with zero attached hydrogens (tertiary/aromatic N) is 1. The van der Waals surface area contributed by atoms with E-state index in [9.17, 15) is 9.59 Å². The maximum atomic E-state index is 12.3. The maximum Gasteiger partial charge on any atom is 0.284 e. The molecule has 1 aliphatic rings. The number of hydrogen-bond acceptors (Lipinski definition) is 6. The zero-order chi connectivity index (χ0) is 23.0. The van der Waals surface area contributed by atoms with Crippen LogP contribution in [0, 0.1) is 0 Å². The molecular formula is C24H20ClN3O5. The Hall–Kier alpha value is -4.04. The van der Waals surface area contributed by atoms with E-state index in [1.54, 1.807) is 66.7 Å². The molecule has 0 fully saturated rings. The molecule has 0 bridgehead atoms. The summed E-state index contributed by atoms with van der Waals surface area (Å²) in [5.74, 6) is 0.896. The van der Waals surface area contributed by atoms with Crippen molar-refractivity contribution in [1.29, 1.82) is 0 Å². The van der Waals surface area contributed by atoms with E-state index in [2.05, 4.69) is 15.8 Å². The van der Waals surface area contributed by atoms with E-state index in [1.165, 1.54) is 6.21 Å². The number of rotatable bonds is 7. The third-order valence-electron chi connectivity index (χ3n) is 4.59. The molecule has 1 heterocycles. The van der Waals surface area contributed by atoms with Gasteiger partial charge in [0.2, 0.25) is 6.10 Å². The van der Waals surface area contributed by atoms with Crippen LogP contribution < -0.4 is 25.0 Å². The van der Waals surface area contributed by atoms with Gasteiger partial charge in [-0.2, -0.15) is 5.10 Å². The van der Waals surface area contributed by atoms with E-state index in [1.807, 2.05) is 6.07 Å². The summed E-state index contributed by atoms with van der Waals surface area (Å²) in [6.45, 7) is -0.0598. The summed E-state index contributed by atoms with van der Waals surface area (Å²) in [4.78, 5) is 24.3. The topological polar surface area (TPSA) is 98.2 Å². The normalized spacial score (nSPS) is 14.5. The Kier molecular flexibility index (Phi) is 7.06. The highest BCUT2D eigenvalue weighted by atomic mass is 35.5. The number of carbonyl (C=O) groups is 2. The monoisotopic (exact) mass is 465 g/mol. The van der Waals surface area contributed by atoms with Crippen LogP contribution in [0.2, 0.25) is 5.02 Å². The van der Waals surface area contributed by atoms with Gasteiger partial charge in [-0.3, -0.25) is 9.59 Å². The lowest BCUT2D eigenvalue weighted by Gasteiger charge is -2.24. The van der Waals surface area contributed by atoms with Crippen molar-refractivity contribution in [3.8, 4) is 17.2 Å². The number of hydrogen-bond donors (Lipinski definition) is 2. The molecule has 3 aromatic rings. The quantitative estimate of drug-likeness (QED) is 0.410. The summed E-state index contributed by atoms with van der Waals surface area (Å²) < 4.78 is 16.6. The molecule has 3 aromatic carbocycles. The van der Waals surface area contributed by atoms with Gasteiger partial charge in [0.05, 0.1) is 16.9 Å². The first kappa shape index (κ1) is 22.2. The number of anilines is 1. The van der Waals surface area contributed by atoms with Crippen molar-refractivity contribution in [2.75, 3.05) is 18.5 Å². The van der Waals surface area contributed by atoms with Crippen LogP contribution in [0.3, 0.4) is 0 Å². The third-order valence-corrected chi connectivity index (χ3v) is 4.92. The summed E-state index contributed by atoms with van der Waals surface area (Å²) in [7, 11) is 0. The molecule has 168 valence electrons. The van der Waals surface area contributed by atoms with Crippen LogP contribution in [0.25, 0.3) is 0 Å². The fraction of sp³-hybridized carbons (Fsp3) is 0.125. The standard InChI is InChI=1S/C24H20ClN3O5/c25-18-5-1-2-6-19(18)27-23(29)15-31-17-11-9-16(10-12-17)13-26-28-24(30)22-14-32-20-7-3-4-8-21(20)33-22/h1-13,22H,14-15H2,(H,27,29)(H,28,30)/b26-13-/t22-/m1/s1. The first-order valence-corrected chi connectivity index (χ1v) is 10.4. The fourth-order valence-electron chi connectivity index (χ4n) is 2.94. The number of carbonyl (C=O) groups excluding carboxylic acids is 2. The molecule has 0 aromatic heterocycles. The summed E-state index contributed by atoms with van der Waals surface area (Å²) in [5.41, 5.74) is 3.70. The minimum atomic E-state index is -0.787. The van der Waals surface area contributed by atoms with Gasteiger partial charge in [-0.1, -0.05) is 35.9 Å². The first-order valence-electron chi connectivity index (χ1n) is 10.1. The lowest BCUT2D eigenvalue weighted by Crippen LogP contribution is -2.42. The number of benzene rings is 3. The highest BCUT2D eigenvalue weighted by molar-refractivity contribution is 6.33. The molecule has 0 saturated carbocycles. The van der Waals surface area contributed by atoms with Crippen LogP contribution in [-0.4, -0.2) is 37.3 Å². The molecular weight excluding hydrogens is 446 g/mol. The van der Waals surface area contributed by atoms with Crippen molar-refractivity contribution >= 4 is 35.3 Å². The number of ether oxygens (including phenoxy) is 3. The van der Waals surface area contributed by atoms with E-state index in [0.717, 1.165) is 5.56 Å². The van der Waals surface area contributed by atoms with E-state index >= 15 is 0 Å². The van der Waals surface area contributed by atoms with Crippen molar-refractivity contribution < 1.29 is 23.8 Å². The number of nitrogens with one attached hydrogen (secondary N) is 2. The Labute approximate surface area is 195 Å². The molecule has 0 aliphatic carbocycles. The molecule has 9 heteroatoms. The predicted octanol–water partition coefficient (Wildman–Crippen LogP) is 3.65. The second kappa shape index (κ2) is 10.5. The minimum absolute atomic E-state index is 0.106. The van der Waals surface area contributed by atoms with Gasteiger partial charge < -0.3 is 19.5 Å². The number of hydrazone groups is 1. The zero-order valence-electron chi connectivity index (χ0n) is 17.4. The second-order valence-corrected chi connectivity index (χ2v) is 7.39. The van der Waals surface area contributed by atoms with E-state index in [-0.39, 0.29) is 19.1 Å². The highest BCUT2D eigenvalue weighted by Crippen LogP contribution is 2.30. The van der Waals surface area contributed by atoms with Crippen LogP contribution >= 0.6 is 11.6 Å². The van der Waals surface area contributed by atoms with Crippen LogP contribution in [0.4, 0.5) is 5.69 Å². The minimum Gasteiger partial charge on any atom is -0.485 e. The molecule has 2 amide bonds. The van der Waals surface area contributed by atoms with Crippen molar-refractivity contribution in [3.63, 3.8) is 0 Å².